The van der Waals surface area contributed by atoms with Crippen molar-refractivity contribution in [1.29, 1.82) is 0 Å². The number of aromatic nitrogens is 3. The second-order valence-corrected chi connectivity index (χ2v) is 2.75. The first-order chi connectivity index (χ1) is 5.86. The summed E-state index contributed by atoms with van der Waals surface area (Å²) in [6.07, 6.45) is 6.77. The fraction of sp³-hybridized carbons (Fsp3) is 0. The van der Waals surface area contributed by atoms with Crippen molar-refractivity contribution in [2.24, 2.45) is 0 Å². The van der Waals surface area contributed by atoms with Gasteiger partial charge in [-0.25, -0.2) is 4.68 Å². The molecule has 0 N–H and O–H groups in total. The molecular formula is C8H6ClN3. The summed E-state index contributed by atoms with van der Waals surface area (Å²) < 4.78 is 1.68. The highest BCUT2D eigenvalue weighted by atomic mass is 35.5. The van der Waals surface area contributed by atoms with Gasteiger partial charge in [0, 0.05) is 12.4 Å². The Bertz CT molecular complexity index is 369. The zero-order chi connectivity index (χ0) is 8.39. The lowest BCUT2D eigenvalue weighted by molar-refractivity contribution is 0.874. The molecule has 0 saturated heterocycles. The summed E-state index contributed by atoms with van der Waals surface area (Å²) in [5, 5.41) is 4.65. The van der Waals surface area contributed by atoms with E-state index in [2.05, 4.69) is 10.1 Å². The van der Waals surface area contributed by atoms with E-state index >= 15 is 0 Å². The van der Waals surface area contributed by atoms with Crippen LogP contribution in [0.2, 0.25) is 5.02 Å². The van der Waals surface area contributed by atoms with Gasteiger partial charge in [-0.05, 0) is 12.1 Å². The monoisotopic (exact) mass is 179 g/mol. The van der Waals surface area contributed by atoms with E-state index in [9.17, 15) is 0 Å². The van der Waals surface area contributed by atoms with E-state index in [-0.39, 0.29) is 0 Å². The zero-order valence-electron chi connectivity index (χ0n) is 6.18. The molecule has 0 bridgehead atoms. The fourth-order valence-corrected chi connectivity index (χ4v) is 1.07. The summed E-state index contributed by atoms with van der Waals surface area (Å²) in [5.41, 5.74) is 0.907. The van der Waals surface area contributed by atoms with Crippen LogP contribution < -0.4 is 0 Å². The van der Waals surface area contributed by atoms with Crippen LogP contribution in [0.1, 0.15) is 0 Å². The highest BCUT2D eigenvalue weighted by Gasteiger charge is 1.96. The number of pyridine rings is 1. The minimum absolute atomic E-state index is 0.624. The molecule has 60 valence electrons. The Hall–Kier alpha value is -1.35. The van der Waals surface area contributed by atoms with Crippen molar-refractivity contribution in [2.75, 3.05) is 0 Å². The van der Waals surface area contributed by atoms with Gasteiger partial charge in [0.25, 0.3) is 0 Å². The number of halogens is 1. The van der Waals surface area contributed by atoms with E-state index in [1.54, 1.807) is 29.5 Å². The lowest BCUT2D eigenvalue weighted by Crippen LogP contribution is -1.93. The maximum absolute atomic E-state index is 5.71. The van der Waals surface area contributed by atoms with Crippen molar-refractivity contribution < 1.29 is 0 Å². The van der Waals surface area contributed by atoms with Crippen LogP contribution in [0.5, 0.6) is 0 Å². The van der Waals surface area contributed by atoms with Gasteiger partial charge in [-0.3, -0.25) is 4.98 Å². The minimum Gasteiger partial charge on any atom is -0.262 e. The van der Waals surface area contributed by atoms with Crippen LogP contribution in [0.15, 0.2) is 36.9 Å². The first-order valence-corrected chi connectivity index (χ1v) is 3.84. The minimum atomic E-state index is 0.624. The van der Waals surface area contributed by atoms with Crippen LogP contribution in [0.3, 0.4) is 0 Å². The maximum Gasteiger partial charge on any atom is 0.0829 e. The van der Waals surface area contributed by atoms with Crippen LogP contribution in [0.25, 0.3) is 5.69 Å². The molecule has 2 aromatic heterocycles. The Morgan fingerprint density at radius 1 is 1.33 bits per heavy atom. The van der Waals surface area contributed by atoms with Gasteiger partial charge in [0.2, 0.25) is 0 Å². The highest BCUT2D eigenvalue weighted by Crippen LogP contribution is 2.09. The molecule has 0 saturated carbocycles. The van der Waals surface area contributed by atoms with Gasteiger partial charge in [-0.1, -0.05) is 11.6 Å². The number of rotatable bonds is 1. The van der Waals surface area contributed by atoms with Crippen molar-refractivity contribution >= 4 is 11.6 Å². The number of nitrogens with zero attached hydrogens (tertiary/aromatic N) is 3. The lowest BCUT2D eigenvalue weighted by Gasteiger charge is -1.97. The molecule has 12 heavy (non-hydrogen) atoms. The topological polar surface area (TPSA) is 30.7 Å². The van der Waals surface area contributed by atoms with Crippen molar-refractivity contribution in [3.8, 4) is 5.69 Å². The van der Waals surface area contributed by atoms with Gasteiger partial charge in [-0.15, -0.1) is 0 Å². The molecule has 2 aromatic rings. The lowest BCUT2D eigenvalue weighted by atomic mass is 10.4. The summed E-state index contributed by atoms with van der Waals surface area (Å²) in [6, 6.07) is 3.77. The molecule has 0 radical (unpaired) electrons. The Balaban J connectivity index is 2.45. The molecule has 0 aliphatic rings. The fourth-order valence-electron chi connectivity index (χ4n) is 0.931. The van der Waals surface area contributed by atoms with Crippen LogP contribution in [0.4, 0.5) is 0 Å². The van der Waals surface area contributed by atoms with Gasteiger partial charge in [0.05, 0.1) is 23.1 Å². The molecule has 0 aromatic carbocycles. The van der Waals surface area contributed by atoms with E-state index in [1.807, 2.05) is 12.1 Å². The molecular weight excluding hydrogens is 174 g/mol. The average Bonchev–Trinajstić information content (AvgIpc) is 2.54. The number of hydrogen-bond donors (Lipinski definition) is 0. The Kier molecular flexibility index (Phi) is 1.80. The van der Waals surface area contributed by atoms with Crippen molar-refractivity contribution in [3.05, 3.63) is 41.9 Å². The molecule has 2 rings (SSSR count). The van der Waals surface area contributed by atoms with E-state index in [1.165, 1.54) is 0 Å². The predicted octanol–water partition coefficient (Wildman–Crippen LogP) is 1.92. The summed E-state index contributed by atoms with van der Waals surface area (Å²) in [5.74, 6) is 0. The molecule has 0 atom stereocenters. The second-order valence-electron chi connectivity index (χ2n) is 2.31. The van der Waals surface area contributed by atoms with Crippen molar-refractivity contribution in [2.45, 2.75) is 0 Å². The molecule has 0 aliphatic carbocycles. The quantitative estimate of drug-likeness (QED) is 0.670. The molecule has 0 amide bonds. The van der Waals surface area contributed by atoms with Crippen LogP contribution in [-0.2, 0) is 0 Å². The Morgan fingerprint density at radius 2 is 2.25 bits per heavy atom. The van der Waals surface area contributed by atoms with Gasteiger partial charge in [-0.2, -0.15) is 5.10 Å². The smallest absolute Gasteiger partial charge is 0.0829 e. The van der Waals surface area contributed by atoms with Gasteiger partial charge >= 0.3 is 0 Å². The molecule has 0 spiro atoms. The van der Waals surface area contributed by atoms with E-state index in [0.29, 0.717) is 5.02 Å². The van der Waals surface area contributed by atoms with Gasteiger partial charge in [0.15, 0.2) is 0 Å². The van der Waals surface area contributed by atoms with Crippen LogP contribution >= 0.6 is 11.6 Å². The normalized spacial score (nSPS) is 10.1. The molecule has 0 fully saturated rings. The average molecular weight is 180 g/mol. The third-order valence-electron chi connectivity index (χ3n) is 1.46. The van der Waals surface area contributed by atoms with Crippen LogP contribution in [0, 0.1) is 0 Å². The van der Waals surface area contributed by atoms with Crippen molar-refractivity contribution in [3.63, 3.8) is 0 Å². The van der Waals surface area contributed by atoms with E-state index in [4.69, 9.17) is 11.6 Å². The van der Waals surface area contributed by atoms with Gasteiger partial charge < -0.3 is 0 Å². The molecule has 0 aliphatic heterocycles. The second kappa shape index (κ2) is 2.95. The largest absolute Gasteiger partial charge is 0.262 e. The first kappa shape index (κ1) is 7.31. The summed E-state index contributed by atoms with van der Waals surface area (Å²) in [6.45, 7) is 0. The summed E-state index contributed by atoms with van der Waals surface area (Å²) >= 11 is 5.71. The Morgan fingerprint density at radius 3 is 2.83 bits per heavy atom. The molecule has 3 nitrogen and oxygen atoms in total. The third kappa shape index (κ3) is 1.31. The standard InChI is InChI=1S/C8H6ClN3/c9-7-4-11-12(6-7)8-2-1-3-10-5-8/h1-6H. The maximum atomic E-state index is 5.71. The third-order valence-corrected chi connectivity index (χ3v) is 1.66. The number of hydrogen-bond acceptors (Lipinski definition) is 2. The van der Waals surface area contributed by atoms with Gasteiger partial charge in [0.1, 0.15) is 0 Å². The highest BCUT2D eigenvalue weighted by molar-refractivity contribution is 6.30. The molecule has 4 heteroatoms. The van der Waals surface area contributed by atoms with Crippen molar-refractivity contribution in [1.82, 2.24) is 14.8 Å². The van der Waals surface area contributed by atoms with E-state index < -0.39 is 0 Å². The van der Waals surface area contributed by atoms with E-state index in [0.717, 1.165) is 5.69 Å². The summed E-state index contributed by atoms with van der Waals surface area (Å²) in [7, 11) is 0. The molecule has 0 unspecified atom stereocenters. The van der Waals surface area contributed by atoms with Crippen LogP contribution in [-0.4, -0.2) is 14.8 Å². The predicted molar refractivity (Wildman–Crippen MR) is 46.4 cm³/mol. The summed E-state index contributed by atoms with van der Waals surface area (Å²) in [4.78, 5) is 3.97. The molecule has 2 heterocycles. The zero-order valence-corrected chi connectivity index (χ0v) is 6.94. The first-order valence-electron chi connectivity index (χ1n) is 3.47. The Labute approximate surface area is 74.6 Å². The SMILES string of the molecule is Clc1cnn(-c2cccnc2)c1.